The molecule has 0 radical (unpaired) electrons. The zero-order valence-electron chi connectivity index (χ0n) is 18.6. The van der Waals surface area contributed by atoms with Crippen LogP contribution in [0.1, 0.15) is 12.5 Å². The molecule has 0 N–H and O–H groups in total. The number of halogens is 1. The van der Waals surface area contributed by atoms with Gasteiger partial charge in [0, 0.05) is 26.5 Å². The number of benzene rings is 1. The summed E-state index contributed by atoms with van der Waals surface area (Å²) in [5.74, 6) is 6.41. The van der Waals surface area contributed by atoms with Gasteiger partial charge in [0.2, 0.25) is 15.0 Å². The van der Waals surface area contributed by atoms with Crippen molar-refractivity contribution in [3.63, 3.8) is 0 Å². The standard InChI is InChI=1S/C23H29ClN2O3SSi/c1-23(12-11-18-9-7-6-8-10-18)16-19-20(15-21(23)24)26(22(25-19)30(2,27)28)17-29-13-14-31(3,4)5/h6-10,15-16,21H,13-14,17H2,1-5H3. The average molecular weight is 477 g/mol. The van der Waals surface area contributed by atoms with Gasteiger partial charge in [-0.1, -0.05) is 49.7 Å². The Balaban J connectivity index is 2.00. The first-order valence-electron chi connectivity index (χ1n) is 10.2. The van der Waals surface area contributed by atoms with Gasteiger partial charge in [0.05, 0.1) is 21.5 Å². The van der Waals surface area contributed by atoms with Gasteiger partial charge in [-0.3, -0.25) is 4.57 Å². The van der Waals surface area contributed by atoms with Gasteiger partial charge in [-0.25, -0.2) is 13.4 Å². The van der Waals surface area contributed by atoms with E-state index >= 15 is 0 Å². The van der Waals surface area contributed by atoms with Gasteiger partial charge >= 0.3 is 0 Å². The summed E-state index contributed by atoms with van der Waals surface area (Å²) in [4.78, 5) is 4.42. The summed E-state index contributed by atoms with van der Waals surface area (Å²) < 4.78 is 32.2. The topological polar surface area (TPSA) is 61.2 Å². The van der Waals surface area contributed by atoms with Crippen LogP contribution in [0.4, 0.5) is 0 Å². The van der Waals surface area contributed by atoms with Crippen molar-refractivity contribution in [3.8, 4) is 11.8 Å². The van der Waals surface area contributed by atoms with Crippen molar-refractivity contribution in [2.24, 2.45) is 5.41 Å². The second-order valence-electron chi connectivity index (χ2n) is 9.32. The van der Waals surface area contributed by atoms with Gasteiger partial charge in [0.1, 0.15) is 6.73 Å². The van der Waals surface area contributed by atoms with E-state index in [1.165, 1.54) is 0 Å². The second-order valence-corrected chi connectivity index (χ2v) is 17.3. The first-order chi connectivity index (χ1) is 14.4. The molecule has 5 nitrogen and oxygen atoms in total. The number of aromatic nitrogens is 2. The summed E-state index contributed by atoms with van der Waals surface area (Å²) >= 11 is 6.72. The number of imidazole rings is 1. The highest BCUT2D eigenvalue weighted by Gasteiger charge is 2.32. The maximum Gasteiger partial charge on any atom is 0.230 e. The van der Waals surface area contributed by atoms with E-state index in [-0.39, 0.29) is 11.9 Å². The van der Waals surface area contributed by atoms with Gasteiger partial charge in [-0.15, -0.1) is 11.6 Å². The van der Waals surface area contributed by atoms with Crippen LogP contribution in [-0.4, -0.2) is 44.3 Å². The summed E-state index contributed by atoms with van der Waals surface area (Å²) in [6.45, 7) is 9.46. The van der Waals surface area contributed by atoms with E-state index in [2.05, 4.69) is 36.5 Å². The van der Waals surface area contributed by atoms with E-state index in [4.69, 9.17) is 16.3 Å². The van der Waals surface area contributed by atoms with E-state index in [1.54, 1.807) is 4.57 Å². The SMILES string of the molecule is CC1(C#Cc2ccccc2)C=c2nc(S(C)(=O)=O)n(COCC[Si](C)(C)C)c2=CC1Cl. The predicted octanol–water partition coefficient (Wildman–Crippen LogP) is 2.84. The van der Waals surface area contributed by atoms with Crippen molar-refractivity contribution in [1.29, 1.82) is 0 Å². The average Bonchev–Trinajstić information content (AvgIpc) is 3.02. The number of alkyl halides is 1. The summed E-state index contributed by atoms with van der Waals surface area (Å²) in [5.41, 5.74) is 0.210. The molecule has 1 heterocycles. The maximum absolute atomic E-state index is 12.4. The van der Waals surface area contributed by atoms with E-state index in [9.17, 15) is 8.42 Å². The number of rotatable bonds is 6. The molecule has 8 heteroatoms. The molecule has 2 atom stereocenters. The van der Waals surface area contributed by atoms with Crippen molar-refractivity contribution in [1.82, 2.24) is 9.55 Å². The maximum atomic E-state index is 12.4. The first-order valence-corrected chi connectivity index (χ1v) is 16.2. The molecular formula is C23H29ClN2O3SSi. The van der Waals surface area contributed by atoms with E-state index in [0.717, 1.165) is 17.9 Å². The quantitative estimate of drug-likeness (QED) is 0.278. The van der Waals surface area contributed by atoms with Crippen molar-refractivity contribution < 1.29 is 13.2 Å². The van der Waals surface area contributed by atoms with Gasteiger partial charge in [0.25, 0.3) is 0 Å². The van der Waals surface area contributed by atoms with Crippen molar-refractivity contribution in [2.75, 3.05) is 12.9 Å². The number of nitrogens with zero attached hydrogens (tertiary/aromatic N) is 2. The third kappa shape index (κ3) is 5.89. The molecule has 0 amide bonds. The zero-order chi connectivity index (χ0) is 22.9. The minimum absolute atomic E-state index is 0.0119. The molecule has 0 saturated heterocycles. The van der Waals surface area contributed by atoms with Crippen LogP contribution in [0.25, 0.3) is 12.2 Å². The van der Waals surface area contributed by atoms with Crippen LogP contribution in [0.5, 0.6) is 0 Å². The molecule has 0 fully saturated rings. The summed E-state index contributed by atoms with van der Waals surface area (Å²) in [6, 6.07) is 10.7. The Morgan fingerprint density at radius 2 is 1.94 bits per heavy atom. The molecule has 2 aromatic rings. The Kier molecular flexibility index (Phi) is 6.87. The summed E-state index contributed by atoms with van der Waals surface area (Å²) in [5, 5.41) is 0.770. The molecule has 31 heavy (non-hydrogen) atoms. The van der Waals surface area contributed by atoms with Crippen LogP contribution < -0.4 is 10.7 Å². The molecule has 0 spiro atoms. The highest BCUT2D eigenvalue weighted by Crippen LogP contribution is 2.30. The normalized spacial score (nSPS) is 20.8. The van der Waals surface area contributed by atoms with Crippen LogP contribution in [0.2, 0.25) is 25.7 Å². The van der Waals surface area contributed by atoms with Crippen LogP contribution >= 0.6 is 11.6 Å². The molecule has 3 rings (SSSR count). The minimum Gasteiger partial charge on any atom is -0.361 e. The molecule has 1 aromatic carbocycles. The van der Waals surface area contributed by atoms with Crippen molar-refractivity contribution in [2.45, 2.75) is 49.9 Å². The van der Waals surface area contributed by atoms with Gasteiger partial charge in [-0.2, -0.15) is 0 Å². The third-order valence-electron chi connectivity index (χ3n) is 5.11. The largest absolute Gasteiger partial charge is 0.361 e. The molecule has 166 valence electrons. The van der Waals surface area contributed by atoms with E-state index in [1.807, 2.05) is 49.4 Å². The lowest BCUT2D eigenvalue weighted by Gasteiger charge is -2.25. The lowest BCUT2D eigenvalue weighted by Crippen LogP contribution is -2.41. The molecule has 1 aliphatic rings. The minimum atomic E-state index is -3.54. The predicted molar refractivity (Wildman–Crippen MR) is 129 cm³/mol. The van der Waals surface area contributed by atoms with E-state index in [0.29, 0.717) is 17.3 Å². The van der Waals surface area contributed by atoms with Gasteiger partial charge < -0.3 is 4.74 Å². The Morgan fingerprint density at radius 1 is 1.26 bits per heavy atom. The second kappa shape index (κ2) is 8.95. The Morgan fingerprint density at radius 3 is 2.55 bits per heavy atom. The van der Waals surface area contributed by atoms with Gasteiger partial charge in [0.15, 0.2) is 0 Å². The van der Waals surface area contributed by atoms with Crippen molar-refractivity contribution in [3.05, 3.63) is 46.6 Å². The number of hydrogen-bond donors (Lipinski definition) is 0. The third-order valence-corrected chi connectivity index (χ3v) is 8.37. The lowest BCUT2D eigenvalue weighted by atomic mass is 9.84. The molecule has 1 aliphatic carbocycles. The Labute approximate surface area is 190 Å². The highest BCUT2D eigenvalue weighted by molar-refractivity contribution is 7.90. The number of hydrogen-bond acceptors (Lipinski definition) is 4. The fourth-order valence-electron chi connectivity index (χ4n) is 3.19. The number of sulfone groups is 1. The molecule has 0 aliphatic heterocycles. The fourth-order valence-corrected chi connectivity index (χ4v) is 5.00. The lowest BCUT2D eigenvalue weighted by molar-refractivity contribution is 0.0789. The molecule has 2 unspecified atom stereocenters. The highest BCUT2D eigenvalue weighted by atomic mass is 35.5. The Hall–Kier alpha value is -1.85. The first kappa shape index (κ1) is 23.8. The van der Waals surface area contributed by atoms with Crippen LogP contribution in [0, 0.1) is 17.3 Å². The van der Waals surface area contributed by atoms with Gasteiger partial charge in [-0.05, 0) is 37.3 Å². The molecule has 1 aromatic heterocycles. The zero-order valence-corrected chi connectivity index (χ0v) is 21.2. The number of fused-ring (bicyclic) bond motifs is 1. The summed E-state index contributed by atoms with van der Waals surface area (Å²) in [6.07, 6.45) is 4.86. The van der Waals surface area contributed by atoms with Crippen molar-refractivity contribution >= 4 is 41.7 Å². The fraction of sp³-hybridized carbons (Fsp3) is 0.435. The van der Waals surface area contributed by atoms with E-state index < -0.39 is 28.7 Å². The summed E-state index contributed by atoms with van der Waals surface area (Å²) in [7, 11) is -4.79. The molecule has 0 bridgehead atoms. The number of ether oxygens (including phenoxy) is 1. The Bertz CT molecular complexity index is 1240. The van der Waals surface area contributed by atoms with Crippen LogP contribution in [0.3, 0.4) is 0 Å². The molecular weight excluding hydrogens is 448 g/mol. The van der Waals surface area contributed by atoms with Crippen LogP contribution in [0.15, 0.2) is 35.5 Å². The monoisotopic (exact) mass is 476 g/mol. The smallest absolute Gasteiger partial charge is 0.230 e. The van der Waals surface area contributed by atoms with Crippen LogP contribution in [-0.2, 0) is 21.3 Å². The molecule has 0 saturated carbocycles.